The van der Waals surface area contributed by atoms with Crippen molar-refractivity contribution in [3.8, 4) is 5.75 Å². The molecule has 31 heavy (non-hydrogen) atoms. The van der Waals surface area contributed by atoms with Crippen molar-refractivity contribution in [2.24, 2.45) is 5.92 Å². The highest BCUT2D eigenvalue weighted by Gasteiger charge is 2.29. The van der Waals surface area contributed by atoms with Gasteiger partial charge in [-0.25, -0.2) is 4.98 Å². The van der Waals surface area contributed by atoms with Gasteiger partial charge in [0.2, 0.25) is 5.91 Å². The molecule has 1 amide bonds. The van der Waals surface area contributed by atoms with Crippen LogP contribution >= 0.6 is 15.9 Å². The van der Waals surface area contributed by atoms with Crippen molar-refractivity contribution in [1.82, 2.24) is 14.5 Å². The third-order valence-electron chi connectivity index (χ3n) is 5.89. The van der Waals surface area contributed by atoms with Gasteiger partial charge in [-0.1, -0.05) is 40.2 Å². The Morgan fingerprint density at radius 2 is 1.84 bits per heavy atom. The highest BCUT2D eigenvalue weighted by atomic mass is 79.9. The number of halogens is 1. The van der Waals surface area contributed by atoms with Gasteiger partial charge in [0.1, 0.15) is 5.75 Å². The van der Waals surface area contributed by atoms with Gasteiger partial charge in [0, 0.05) is 42.6 Å². The fourth-order valence-electron chi connectivity index (χ4n) is 4.11. The summed E-state index contributed by atoms with van der Waals surface area (Å²) >= 11 is 3.47. The predicted octanol–water partition coefficient (Wildman–Crippen LogP) is 4.88. The zero-order valence-corrected chi connectivity index (χ0v) is 19.4. The molecule has 1 atom stereocenters. The molecule has 0 bridgehead atoms. The molecule has 2 aromatic carbocycles. The fourth-order valence-corrected chi connectivity index (χ4v) is 4.38. The first-order valence-electron chi connectivity index (χ1n) is 10.8. The van der Waals surface area contributed by atoms with E-state index in [2.05, 4.69) is 55.9 Å². The number of ether oxygens (including phenoxy) is 1. The molecule has 2 heterocycles. The SMILES string of the molecule is COc1ccc(CN2CCCC(Cc3cn(CCc4ccc(Br)cc4)cn3)C2=O)cc1. The van der Waals surface area contributed by atoms with Crippen molar-refractivity contribution in [2.45, 2.75) is 38.8 Å². The summed E-state index contributed by atoms with van der Waals surface area (Å²) in [5, 5.41) is 0. The summed E-state index contributed by atoms with van der Waals surface area (Å²) in [6, 6.07) is 16.4. The zero-order chi connectivity index (χ0) is 21.6. The van der Waals surface area contributed by atoms with Crippen molar-refractivity contribution in [1.29, 1.82) is 0 Å². The van der Waals surface area contributed by atoms with Gasteiger partial charge in [-0.05, 0) is 54.7 Å². The lowest BCUT2D eigenvalue weighted by Gasteiger charge is -2.32. The maximum atomic E-state index is 13.1. The van der Waals surface area contributed by atoms with Crippen LogP contribution < -0.4 is 4.74 Å². The second-order valence-electron chi connectivity index (χ2n) is 8.13. The molecule has 6 heteroatoms. The molecule has 0 N–H and O–H groups in total. The Balaban J connectivity index is 1.32. The number of methoxy groups -OCH3 is 1. The number of hydrogen-bond donors (Lipinski definition) is 0. The van der Waals surface area contributed by atoms with Crippen molar-refractivity contribution >= 4 is 21.8 Å². The van der Waals surface area contributed by atoms with Gasteiger partial charge in [-0.15, -0.1) is 0 Å². The summed E-state index contributed by atoms with van der Waals surface area (Å²) in [5.41, 5.74) is 3.43. The molecular weight excluding hydrogens is 454 g/mol. The third-order valence-corrected chi connectivity index (χ3v) is 6.42. The molecular formula is C25H28BrN3O2. The van der Waals surface area contributed by atoms with E-state index in [0.29, 0.717) is 13.0 Å². The Bertz CT molecular complexity index is 998. The lowest BCUT2D eigenvalue weighted by atomic mass is 9.92. The molecule has 1 unspecified atom stereocenters. The fraction of sp³-hybridized carbons (Fsp3) is 0.360. The molecule has 162 valence electrons. The van der Waals surface area contributed by atoms with E-state index in [0.717, 1.165) is 53.8 Å². The number of amides is 1. The smallest absolute Gasteiger partial charge is 0.226 e. The topological polar surface area (TPSA) is 47.4 Å². The summed E-state index contributed by atoms with van der Waals surface area (Å²) in [5.74, 6) is 1.09. The summed E-state index contributed by atoms with van der Waals surface area (Å²) in [7, 11) is 1.66. The van der Waals surface area contributed by atoms with Crippen LogP contribution in [0.4, 0.5) is 0 Å². The number of likely N-dealkylation sites (tertiary alicyclic amines) is 1. The Morgan fingerprint density at radius 1 is 1.10 bits per heavy atom. The third kappa shape index (κ3) is 5.76. The molecule has 1 aromatic heterocycles. The summed E-state index contributed by atoms with van der Waals surface area (Å²) in [6.07, 6.45) is 7.62. The molecule has 5 nitrogen and oxygen atoms in total. The average Bonchev–Trinajstić information content (AvgIpc) is 3.24. The van der Waals surface area contributed by atoms with Crippen LogP contribution in [0, 0.1) is 5.92 Å². The van der Waals surface area contributed by atoms with Crippen molar-refractivity contribution in [3.63, 3.8) is 0 Å². The number of hydrogen-bond acceptors (Lipinski definition) is 3. The highest BCUT2D eigenvalue weighted by molar-refractivity contribution is 9.10. The quantitative estimate of drug-likeness (QED) is 0.460. The monoisotopic (exact) mass is 481 g/mol. The van der Waals surface area contributed by atoms with Crippen molar-refractivity contribution < 1.29 is 9.53 Å². The lowest BCUT2D eigenvalue weighted by Crippen LogP contribution is -2.41. The minimum Gasteiger partial charge on any atom is -0.497 e. The molecule has 4 rings (SSSR count). The van der Waals surface area contributed by atoms with Crippen LogP contribution in [0.5, 0.6) is 5.75 Å². The van der Waals surface area contributed by atoms with Crippen LogP contribution in [0.25, 0.3) is 0 Å². The number of nitrogens with zero attached hydrogens (tertiary/aromatic N) is 3. The van der Waals surface area contributed by atoms with E-state index in [1.54, 1.807) is 7.11 Å². The number of imidazole rings is 1. The van der Waals surface area contributed by atoms with E-state index in [1.807, 2.05) is 35.5 Å². The minimum absolute atomic E-state index is 0.0156. The van der Waals surface area contributed by atoms with E-state index in [9.17, 15) is 4.79 Å². The van der Waals surface area contributed by atoms with Gasteiger partial charge in [0.05, 0.1) is 19.1 Å². The maximum Gasteiger partial charge on any atom is 0.226 e. The molecule has 1 saturated heterocycles. The van der Waals surface area contributed by atoms with Crippen LogP contribution in [-0.2, 0) is 30.7 Å². The second kappa shape index (κ2) is 10.1. The van der Waals surface area contributed by atoms with Crippen LogP contribution in [0.3, 0.4) is 0 Å². The zero-order valence-electron chi connectivity index (χ0n) is 17.8. The maximum absolute atomic E-state index is 13.1. The van der Waals surface area contributed by atoms with Crippen molar-refractivity contribution in [2.75, 3.05) is 13.7 Å². The van der Waals surface area contributed by atoms with Crippen LogP contribution in [-0.4, -0.2) is 34.0 Å². The number of carbonyl (C=O) groups excluding carboxylic acids is 1. The Labute approximate surface area is 192 Å². The largest absolute Gasteiger partial charge is 0.497 e. The molecule has 1 aliphatic rings. The first-order chi connectivity index (χ1) is 15.1. The van der Waals surface area contributed by atoms with E-state index >= 15 is 0 Å². The van der Waals surface area contributed by atoms with Gasteiger partial charge in [-0.3, -0.25) is 4.79 Å². The first-order valence-corrected chi connectivity index (χ1v) is 11.6. The molecule has 0 spiro atoms. The Hall–Kier alpha value is -2.60. The summed E-state index contributed by atoms with van der Waals surface area (Å²) < 4.78 is 8.44. The number of aromatic nitrogens is 2. The number of benzene rings is 2. The van der Waals surface area contributed by atoms with Crippen molar-refractivity contribution in [3.05, 3.63) is 82.3 Å². The molecule has 0 aliphatic carbocycles. The number of carbonyl (C=O) groups is 1. The van der Waals surface area contributed by atoms with E-state index in [1.165, 1.54) is 5.56 Å². The van der Waals surface area contributed by atoms with Gasteiger partial charge in [0.25, 0.3) is 0 Å². The number of aryl methyl sites for hydroxylation is 2. The van der Waals surface area contributed by atoms with E-state index in [-0.39, 0.29) is 11.8 Å². The van der Waals surface area contributed by atoms with Crippen LogP contribution in [0.2, 0.25) is 0 Å². The Morgan fingerprint density at radius 3 is 2.58 bits per heavy atom. The molecule has 1 aliphatic heterocycles. The lowest BCUT2D eigenvalue weighted by molar-refractivity contribution is -0.139. The first kappa shape index (κ1) is 21.6. The highest BCUT2D eigenvalue weighted by Crippen LogP contribution is 2.24. The summed E-state index contributed by atoms with van der Waals surface area (Å²) in [6.45, 7) is 2.36. The standard InChI is InChI=1S/C25H28BrN3O2/c1-31-24-10-6-20(7-11-24)16-29-13-2-3-21(25(29)30)15-23-17-28(18-27-23)14-12-19-4-8-22(26)9-5-19/h4-11,17-18,21H,2-3,12-16H2,1H3. The molecule has 3 aromatic rings. The summed E-state index contributed by atoms with van der Waals surface area (Å²) in [4.78, 5) is 19.6. The van der Waals surface area contributed by atoms with Gasteiger partial charge in [0.15, 0.2) is 0 Å². The number of rotatable bonds is 8. The average molecular weight is 482 g/mol. The molecule has 0 saturated carbocycles. The minimum atomic E-state index is 0.0156. The number of piperidine rings is 1. The Kier molecular flexibility index (Phi) is 7.07. The van der Waals surface area contributed by atoms with Crippen LogP contribution in [0.15, 0.2) is 65.5 Å². The predicted molar refractivity (Wildman–Crippen MR) is 125 cm³/mol. The van der Waals surface area contributed by atoms with Crippen LogP contribution in [0.1, 0.15) is 29.7 Å². The van der Waals surface area contributed by atoms with E-state index < -0.39 is 0 Å². The van der Waals surface area contributed by atoms with Gasteiger partial charge < -0.3 is 14.2 Å². The van der Waals surface area contributed by atoms with E-state index in [4.69, 9.17) is 4.74 Å². The van der Waals surface area contributed by atoms with Gasteiger partial charge >= 0.3 is 0 Å². The molecule has 1 fully saturated rings. The molecule has 0 radical (unpaired) electrons. The second-order valence-corrected chi connectivity index (χ2v) is 9.05. The normalized spacial score (nSPS) is 16.5. The van der Waals surface area contributed by atoms with Gasteiger partial charge in [-0.2, -0.15) is 0 Å².